The van der Waals surface area contributed by atoms with Crippen molar-refractivity contribution in [3.8, 4) is 5.75 Å². The average Bonchev–Trinajstić information content (AvgIpc) is 3.02. The molecule has 1 fully saturated rings. The van der Waals surface area contributed by atoms with E-state index in [1.54, 1.807) is 18.2 Å². The van der Waals surface area contributed by atoms with Gasteiger partial charge in [-0.25, -0.2) is 0 Å². The van der Waals surface area contributed by atoms with E-state index in [0.29, 0.717) is 28.4 Å². The molecule has 0 heterocycles. The lowest BCUT2D eigenvalue weighted by Gasteiger charge is -2.14. The molecular weight excluding hydrogens is 273 g/mol. The summed E-state index contributed by atoms with van der Waals surface area (Å²) in [6, 6.07) is 5.71. The molecule has 1 aromatic carbocycles. The molecule has 0 spiro atoms. The first kappa shape index (κ1) is 13.9. The van der Waals surface area contributed by atoms with Crippen LogP contribution in [0.25, 0.3) is 0 Å². The van der Waals surface area contributed by atoms with Gasteiger partial charge < -0.3 is 15.2 Å². The van der Waals surface area contributed by atoms with Gasteiger partial charge >= 0.3 is 0 Å². The standard InChI is InChI=1S/C13H17Cl2NO2/c1-8-5-12(8)16-6-9(17)7-18-13-10(14)3-2-4-11(13)15/h2-4,8-9,12,16-17H,5-7H2,1H3. The summed E-state index contributed by atoms with van der Waals surface area (Å²) in [5, 5.41) is 14.0. The number of aliphatic hydroxyl groups excluding tert-OH is 1. The fraction of sp³-hybridized carbons (Fsp3) is 0.538. The molecule has 0 bridgehead atoms. The Hall–Kier alpha value is -0.480. The molecule has 1 aliphatic carbocycles. The molecule has 2 rings (SSSR count). The van der Waals surface area contributed by atoms with E-state index >= 15 is 0 Å². The summed E-state index contributed by atoms with van der Waals surface area (Å²) in [6.45, 7) is 2.89. The third-order valence-corrected chi connectivity index (χ3v) is 3.66. The lowest BCUT2D eigenvalue weighted by molar-refractivity contribution is 0.106. The number of aliphatic hydroxyl groups is 1. The molecule has 1 aromatic rings. The summed E-state index contributed by atoms with van der Waals surface area (Å²) in [5.41, 5.74) is 0. The molecule has 18 heavy (non-hydrogen) atoms. The number of nitrogens with one attached hydrogen (secondary N) is 1. The van der Waals surface area contributed by atoms with Crippen LogP contribution < -0.4 is 10.1 Å². The Balaban J connectivity index is 1.76. The highest BCUT2D eigenvalue weighted by atomic mass is 35.5. The van der Waals surface area contributed by atoms with Crippen LogP contribution in [-0.4, -0.2) is 30.4 Å². The molecule has 3 atom stereocenters. The number of hydrogen-bond acceptors (Lipinski definition) is 3. The Bertz CT molecular complexity index is 394. The Morgan fingerprint density at radius 2 is 2.06 bits per heavy atom. The van der Waals surface area contributed by atoms with Crippen LogP contribution in [0.1, 0.15) is 13.3 Å². The highest BCUT2D eigenvalue weighted by Gasteiger charge is 2.32. The van der Waals surface area contributed by atoms with Crippen LogP contribution in [-0.2, 0) is 0 Å². The lowest BCUT2D eigenvalue weighted by Crippen LogP contribution is -2.33. The summed E-state index contributed by atoms with van der Waals surface area (Å²) >= 11 is 11.9. The molecule has 0 amide bonds. The molecular formula is C13H17Cl2NO2. The third-order valence-electron chi connectivity index (χ3n) is 3.06. The zero-order valence-corrected chi connectivity index (χ0v) is 11.7. The van der Waals surface area contributed by atoms with Crippen molar-refractivity contribution < 1.29 is 9.84 Å². The summed E-state index contributed by atoms with van der Waals surface area (Å²) in [4.78, 5) is 0. The van der Waals surface area contributed by atoms with Gasteiger partial charge in [-0.05, 0) is 24.5 Å². The minimum atomic E-state index is -0.565. The van der Waals surface area contributed by atoms with E-state index in [-0.39, 0.29) is 6.61 Å². The third kappa shape index (κ3) is 3.75. The van der Waals surface area contributed by atoms with Gasteiger partial charge in [-0.15, -0.1) is 0 Å². The van der Waals surface area contributed by atoms with Gasteiger partial charge in [-0.2, -0.15) is 0 Å². The summed E-state index contributed by atoms with van der Waals surface area (Å²) in [6.07, 6.45) is 0.620. The first-order chi connectivity index (χ1) is 8.58. The van der Waals surface area contributed by atoms with Gasteiger partial charge in [0.05, 0.1) is 10.0 Å². The quantitative estimate of drug-likeness (QED) is 0.846. The normalized spacial score (nSPS) is 23.8. The van der Waals surface area contributed by atoms with Crippen molar-refractivity contribution in [2.75, 3.05) is 13.2 Å². The maximum Gasteiger partial charge on any atom is 0.156 e. The molecule has 5 heteroatoms. The van der Waals surface area contributed by atoms with E-state index < -0.39 is 6.10 Å². The predicted molar refractivity (Wildman–Crippen MR) is 73.5 cm³/mol. The van der Waals surface area contributed by atoms with Crippen molar-refractivity contribution in [3.05, 3.63) is 28.2 Å². The van der Waals surface area contributed by atoms with Crippen molar-refractivity contribution in [3.63, 3.8) is 0 Å². The van der Waals surface area contributed by atoms with Crippen LogP contribution in [0.4, 0.5) is 0 Å². The largest absolute Gasteiger partial charge is 0.488 e. The van der Waals surface area contributed by atoms with Crippen molar-refractivity contribution in [1.82, 2.24) is 5.32 Å². The summed E-state index contributed by atoms with van der Waals surface area (Å²) < 4.78 is 5.45. The van der Waals surface area contributed by atoms with Crippen LogP contribution in [0.15, 0.2) is 18.2 Å². The zero-order valence-electron chi connectivity index (χ0n) is 10.2. The summed E-state index contributed by atoms with van der Waals surface area (Å²) in [5.74, 6) is 1.15. The molecule has 0 aliphatic heterocycles. The van der Waals surface area contributed by atoms with Crippen LogP contribution >= 0.6 is 23.2 Å². The van der Waals surface area contributed by atoms with Gasteiger partial charge in [-0.3, -0.25) is 0 Å². The molecule has 100 valence electrons. The Labute approximate surface area is 117 Å². The number of ether oxygens (including phenoxy) is 1. The fourth-order valence-electron chi connectivity index (χ4n) is 1.75. The first-order valence-electron chi connectivity index (χ1n) is 6.06. The van der Waals surface area contributed by atoms with Crippen molar-refractivity contribution >= 4 is 23.2 Å². The first-order valence-corrected chi connectivity index (χ1v) is 6.81. The minimum absolute atomic E-state index is 0.178. The SMILES string of the molecule is CC1CC1NCC(O)COc1c(Cl)cccc1Cl. The van der Waals surface area contributed by atoms with Crippen molar-refractivity contribution in [2.45, 2.75) is 25.5 Å². The van der Waals surface area contributed by atoms with Gasteiger partial charge in [0.25, 0.3) is 0 Å². The average molecular weight is 290 g/mol. The molecule has 0 aromatic heterocycles. The van der Waals surface area contributed by atoms with E-state index in [2.05, 4.69) is 12.2 Å². The number of hydrogen-bond donors (Lipinski definition) is 2. The van der Waals surface area contributed by atoms with E-state index in [9.17, 15) is 5.11 Å². The van der Waals surface area contributed by atoms with E-state index in [1.165, 1.54) is 6.42 Å². The van der Waals surface area contributed by atoms with Crippen LogP contribution in [0.2, 0.25) is 10.0 Å². The molecule has 1 aliphatic rings. The van der Waals surface area contributed by atoms with Crippen molar-refractivity contribution in [1.29, 1.82) is 0 Å². The monoisotopic (exact) mass is 289 g/mol. The highest BCUT2D eigenvalue weighted by molar-refractivity contribution is 6.37. The summed E-state index contributed by atoms with van der Waals surface area (Å²) in [7, 11) is 0. The number of para-hydroxylation sites is 1. The minimum Gasteiger partial charge on any atom is -0.488 e. The van der Waals surface area contributed by atoms with E-state index in [0.717, 1.165) is 5.92 Å². The van der Waals surface area contributed by atoms with Gasteiger partial charge in [-0.1, -0.05) is 36.2 Å². The van der Waals surface area contributed by atoms with Gasteiger partial charge in [0.2, 0.25) is 0 Å². The Morgan fingerprint density at radius 1 is 1.44 bits per heavy atom. The second kappa shape index (κ2) is 6.11. The maximum absolute atomic E-state index is 9.78. The second-order valence-electron chi connectivity index (χ2n) is 4.74. The molecule has 3 unspecified atom stereocenters. The van der Waals surface area contributed by atoms with E-state index in [1.807, 2.05) is 0 Å². The van der Waals surface area contributed by atoms with Crippen LogP contribution in [0.3, 0.4) is 0 Å². The van der Waals surface area contributed by atoms with E-state index in [4.69, 9.17) is 27.9 Å². The fourth-order valence-corrected chi connectivity index (χ4v) is 2.26. The highest BCUT2D eigenvalue weighted by Crippen LogP contribution is 2.32. The van der Waals surface area contributed by atoms with Gasteiger partial charge in [0, 0.05) is 12.6 Å². The molecule has 1 saturated carbocycles. The number of benzene rings is 1. The molecule has 0 saturated heterocycles. The number of rotatable bonds is 6. The molecule has 0 radical (unpaired) electrons. The topological polar surface area (TPSA) is 41.5 Å². The Morgan fingerprint density at radius 3 is 2.61 bits per heavy atom. The number of halogens is 2. The Kier molecular flexibility index (Phi) is 4.73. The van der Waals surface area contributed by atoms with Crippen molar-refractivity contribution in [2.24, 2.45) is 5.92 Å². The molecule has 3 nitrogen and oxygen atoms in total. The second-order valence-corrected chi connectivity index (χ2v) is 5.56. The predicted octanol–water partition coefficient (Wildman–Crippen LogP) is 2.73. The molecule has 2 N–H and O–H groups in total. The lowest BCUT2D eigenvalue weighted by atomic mass is 10.3. The smallest absolute Gasteiger partial charge is 0.156 e. The van der Waals surface area contributed by atoms with Gasteiger partial charge in [0.15, 0.2) is 5.75 Å². The van der Waals surface area contributed by atoms with Gasteiger partial charge in [0.1, 0.15) is 12.7 Å². The maximum atomic E-state index is 9.78. The van der Waals surface area contributed by atoms with Crippen LogP contribution in [0, 0.1) is 5.92 Å². The van der Waals surface area contributed by atoms with Crippen LogP contribution in [0.5, 0.6) is 5.75 Å². The zero-order chi connectivity index (χ0) is 13.1.